The molecule has 3 aliphatic rings. The average Bonchev–Trinajstić information content (AvgIpc) is 3.17. The molecule has 0 spiro atoms. The molecule has 6 heteroatoms. The van der Waals surface area contributed by atoms with Crippen molar-refractivity contribution in [2.75, 3.05) is 4.90 Å². The van der Waals surface area contributed by atoms with E-state index in [-0.39, 0.29) is 17.5 Å². The van der Waals surface area contributed by atoms with Crippen molar-refractivity contribution in [1.82, 2.24) is 0 Å². The third-order valence-corrected chi connectivity index (χ3v) is 5.42. The highest BCUT2D eigenvalue weighted by Crippen LogP contribution is 2.57. The fourth-order valence-electron chi connectivity index (χ4n) is 4.51. The van der Waals surface area contributed by atoms with Gasteiger partial charge in [0.2, 0.25) is 11.8 Å². The summed E-state index contributed by atoms with van der Waals surface area (Å²) in [6, 6.07) is 4.40. The van der Waals surface area contributed by atoms with Gasteiger partial charge in [-0.1, -0.05) is 29.4 Å². The first-order valence-electron chi connectivity index (χ1n) is 8.12. The number of anilines is 1. The van der Waals surface area contributed by atoms with E-state index in [1.54, 1.807) is 0 Å². The maximum absolute atomic E-state index is 12.9. The van der Waals surface area contributed by atoms with Gasteiger partial charge in [0.15, 0.2) is 0 Å². The number of amides is 2. The largest absolute Gasteiger partial charge is 0.416 e. The lowest BCUT2D eigenvalue weighted by molar-refractivity contribution is -0.137. The van der Waals surface area contributed by atoms with E-state index in [2.05, 4.69) is 0 Å². The highest BCUT2D eigenvalue weighted by Gasteiger charge is 2.62. The number of alkyl halides is 3. The van der Waals surface area contributed by atoms with Gasteiger partial charge >= 0.3 is 6.18 Å². The van der Waals surface area contributed by atoms with Crippen LogP contribution in [0.4, 0.5) is 18.9 Å². The highest BCUT2D eigenvalue weighted by molar-refractivity contribution is 6.23. The molecule has 2 bridgehead atoms. The van der Waals surface area contributed by atoms with E-state index < -0.39 is 35.4 Å². The Balaban J connectivity index is 1.74. The fraction of sp³-hybridized carbons (Fsp3) is 0.368. The molecule has 1 aromatic rings. The van der Waals surface area contributed by atoms with Crippen molar-refractivity contribution >= 4 is 17.5 Å². The Bertz CT molecular complexity index is 814. The van der Waals surface area contributed by atoms with Crippen molar-refractivity contribution in [3.05, 3.63) is 53.1 Å². The zero-order valence-corrected chi connectivity index (χ0v) is 13.7. The van der Waals surface area contributed by atoms with Crippen LogP contribution in [-0.4, -0.2) is 11.8 Å². The summed E-state index contributed by atoms with van der Waals surface area (Å²) in [6.07, 6.45) is -0.614. The standard InChI is InChI=1S/C19H16F3NO2/c1-9(2)14-12-6-7-13(14)16-15(12)17(24)23(18(16)25)11-5-3-4-10(8-11)19(20,21)22/h3-8,12-13,15-16H,1-2H3/t12-,13+,15-,16-/m0/s1. The first-order valence-corrected chi connectivity index (χ1v) is 8.12. The number of fused-ring (bicyclic) bond motifs is 5. The van der Waals surface area contributed by atoms with E-state index in [9.17, 15) is 22.8 Å². The number of benzene rings is 1. The second kappa shape index (κ2) is 5.07. The Kier molecular flexibility index (Phi) is 3.27. The molecule has 2 aliphatic carbocycles. The molecule has 4 atom stereocenters. The smallest absolute Gasteiger partial charge is 0.274 e. The monoisotopic (exact) mass is 347 g/mol. The van der Waals surface area contributed by atoms with Crippen LogP contribution in [0.2, 0.25) is 0 Å². The van der Waals surface area contributed by atoms with Gasteiger partial charge in [-0.15, -0.1) is 0 Å². The molecule has 0 unspecified atom stereocenters. The normalized spacial score (nSPS) is 30.4. The minimum absolute atomic E-state index is 0.00243. The zero-order chi connectivity index (χ0) is 18.1. The number of hydrogen-bond acceptors (Lipinski definition) is 2. The third kappa shape index (κ3) is 2.12. The van der Waals surface area contributed by atoms with Crippen molar-refractivity contribution in [3.63, 3.8) is 0 Å². The molecule has 0 N–H and O–H groups in total. The molecule has 4 rings (SSSR count). The molecule has 2 fully saturated rings. The second-order valence-electron chi connectivity index (χ2n) is 7.00. The van der Waals surface area contributed by atoms with Gasteiger partial charge in [0.05, 0.1) is 23.1 Å². The van der Waals surface area contributed by atoms with E-state index in [1.165, 1.54) is 12.1 Å². The van der Waals surface area contributed by atoms with Gasteiger partial charge in [-0.25, -0.2) is 4.90 Å². The Morgan fingerprint density at radius 1 is 1.00 bits per heavy atom. The molecule has 1 heterocycles. The summed E-state index contributed by atoms with van der Waals surface area (Å²) in [4.78, 5) is 26.7. The molecular formula is C19H16F3NO2. The van der Waals surface area contributed by atoms with Crippen LogP contribution >= 0.6 is 0 Å². The molecule has 0 radical (unpaired) electrons. The molecule has 25 heavy (non-hydrogen) atoms. The van der Waals surface area contributed by atoms with Gasteiger partial charge in [0.25, 0.3) is 0 Å². The lowest BCUT2D eigenvalue weighted by Gasteiger charge is -2.20. The van der Waals surface area contributed by atoms with E-state index >= 15 is 0 Å². The summed E-state index contributed by atoms with van der Waals surface area (Å²) in [6.45, 7) is 3.92. The van der Waals surface area contributed by atoms with Gasteiger partial charge in [-0.05, 0) is 32.0 Å². The van der Waals surface area contributed by atoms with Crippen molar-refractivity contribution in [2.24, 2.45) is 23.7 Å². The van der Waals surface area contributed by atoms with Gasteiger partial charge in [-0.2, -0.15) is 13.2 Å². The van der Waals surface area contributed by atoms with Crippen LogP contribution in [0.3, 0.4) is 0 Å². The highest BCUT2D eigenvalue weighted by atomic mass is 19.4. The maximum atomic E-state index is 12.9. The Morgan fingerprint density at radius 3 is 2.04 bits per heavy atom. The van der Waals surface area contributed by atoms with Crippen molar-refractivity contribution in [3.8, 4) is 0 Å². The molecular weight excluding hydrogens is 331 g/mol. The quantitative estimate of drug-likeness (QED) is 0.570. The number of halogens is 3. The van der Waals surface area contributed by atoms with Crippen LogP contribution in [0.1, 0.15) is 19.4 Å². The first kappa shape index (κ1) is 16.1. The van der Waals surface area contributed by atoms with Crippen LogP contribution in [0, 0.1) is 23.7 Å². The first-order chi connectivity index (χ1) is 11.7. The molecule has 1 saturated heterocycles. The summed E-state index contributed by atoms with van der Waals surface area (Å²) in [7, 11) is 0. The lowest BCUT2D eigenvalue weighted by Crippen LogP contribution is -2.33. The number of hydrogen-bond donors (Lipinski definition) is 0. The zero-order valence-electron chi connectivity index (χ0n) is 13.7. The van der Waals surface area contributed by atoms with Crippen molar-refractivity contribution < 1.29 is 22.8 Å². The topological polar surface area (TPSA) is 37.4 Å². The summed E-state index contributed by atoms with van der Waals surface area (Å²) in [5.41, 5.74) is 1.34. The van der Waals surface area contributed by atoms with Gasteiger partial charge in [0, 0.05) is 11.8 Å². The number of imide groups is 1. The molecule has 1 saturated carbocycles. The SMILES string of the molecule is CC(C)=C1[C@H]2C=C[C@@H]1[C@@H]1C(=O)N(c3cccc(C(F)(F)F)c3)C(=O)[C@H]12. The molecule has 3 nitrogen and oxygen atoms in total. The van der Waals surface area contributed by atoms with E-state index in [0.29, 0.717) is 0 Å². The summed E-state index contributed by atoms with van der Waals surface area (Å²) < 4.78 is 38.8. The minimum atomic E-state index is -4.52. The number of allylic oxidation sites excluding steroid dienone is 4. The Labute approximate surface area is 142 Å². The fourth-order valence-corrected chi connectivity index (χ4v) is 4.51. The molecule has 0 aromatic heterocycles. The molecule has 130 valence electrons. The Hall–Kier alpha value is -2.37. The predicted molar refractivity (Wildman–Crippen MR) is 85.4 cm³/mol. The average molecular weight is 347 g/mol. The van der Waals surface area contributed by atoms with Crippen LogP contribution in [0.25, 0.3) is 0 Å². The maximum Gasteiger partial charge on any atom is 0.416 e. The molecule has 1 aromatic carbocycles. The number of carbonyl (C=O) groups excluding carboxylic acids is 2. The van der Waals surface area contributed by atoms with Crippen LogP contribution in [0.5, 0.6) is 0 Å². The van der Waals surface area contributed by atoms with Crippen LogP contribution in [0.15, 0.2) is 47.6 Å². The lowest BCUT2D eigenvalue weighted by atomic mass is 9.85. The van der Waals surface area contributed by atoms with Gasteiger partial charge < -0.3 is 0 Å². The van der Waals surface area contributed by atoms with Crippen LogP contribution in [-0.2, 0) is 15.8 Å². The second-order valence-corrected chi connectivity index (χ2v) is 7.00. The Morgan fingerprint density at radius 2 is 1.56 bits per heavy atom. The number of rotatable bonds is 1. The van der Waals surface area contributed by atoms with Crippen LogP contribution < -0.4 is 4.90 Å². The van der Waals surface area contributed by atoms with E-state index in [1.807, 2.05) is 26.0 Å². The third-order valence-electron chi connectivity index (χ3n) is 5.42. The summed E-state index contributed by atoms with van der Waals surface area (Å²) in [5, 5.41) is 0. The van der Waals surface area contributed by atoms with E-state index in [4.69, 9.17) is 0 Å². The van der Waals surface area contributed by atoms with Crippen molar-refractivity contribution in [1.29, 1.82) is 0 Å². The molecule has 2 amide bonds. The van der Waals surface area contributed by atoms with Gasteiger partial charge in [0.1, 0.15) is 0 Å². The van der Waals surface area contributed by atoms with Crippen molar-refractivity contribution in [2.45, 2.75) is 20.0 Å². The summed E-state index contributed by atoms with van der Waals surface area (Å²) >= 11 is 0. The number of carbonyl (C=O) groups is 2. The molecule has 1 aliphatic heterocycles. The van der Waals surface area contributed by atoms with Gasteiger partial charge in [-0.3, -0.25) is 9.59 Å². The summed E-state index contributed by atoms with van der Waals surface area (Å²) in [5.74, 6) is -2.03. The minimum Gasteiger partial charge on any atom is -0.274 e. The number of nitrogens with zero attached hydrogens (tertiary/aromatic N) is 1. The predicted octanol–water partition coefficient (Wildman–Crippen LogP) is 3.96. The van der Waals surface area contributed by atoms with E-state index in [0.717, 1.165) is 28.2 Å².